The molecule has 100 valence electrons. The predicted octanol–water partition coefficient (Wildman–Crippen LogP) is 4.49. The number of hydrogen-bond acceptors (Lipinski definition) is 2. The molecule has 0 aliphatic carbocycles. The number of rotatable bonds is 5. The lowest BCUT2D eigenvalue weighted by molar-refractivity contribution is 0.0276. The van der Waals surface area contributed by atoms with E-state index >= 15 is 0 Å². The highest BCUT2D eigenvalue weighted by Crippen LogP contribution is 2.29. The first-order valence-corrected chi connectivity index (χ1v) is 6.86. The van der Waals surface area contributed by atoms with Crippen LogP contribution < -0.4 is 0 Å². The fourth-order valence-corrected chi connectivity index (χ4v) is 2.09. The lowest BCUT2D eigenvalue weighted by Gasteiger charge is -2.20. The van der Waals surface area contributed by atoms with Crippen molar-refractivity contribution < 1.29 is 13.9 Å². The van der Waals surface area contributed by atoms with Gasteiger partial charge in [-0.1, -0.05) is 25.4 Å². The van der Waals surface area contributed by atoms with Crippen molar-refractivity contribution in [2.75, 3.05) is 6.61 Å². The lowest BCUT2D eigenvalue weighted by atomic mass is 9.97. The molecule has 0 saturated heterocycles. The maximum Gasteiger partial charge on any atom is 0.194 e. The van der Waals surface area contributed by atoms with Crippen LogP contribution in [0.5, 0.6) is 0 Å². The molecule has 0 radical (unpaired) electrons. The van der Waals surface area contributed by atoms with Crippen LogP contribution in [0.1, 0.15) is 31.1 Å². The Morgan fingerprint density at radius 1 is 1.50 bits per heavy atom. The van der Waals surface area contributed by atoms with Gasteiger partial charge in [-0.25, -0.2) is 4.39 Å². The zero-order valence-corrected chi connectivity index (χ0v) is 12.8. The standard InChI is InChI=1S/C13H15BrClFO2/c1-4-18-13(7(2)3)12(17)8-5-6-9(14)10(15)11(8)16/h5-7,13H,4H2,1-3H3. The zero-order chi connectivity index (χ0) is 13.9. The molecular weight excluding hydrogens is 322 g/mol. The van der Waals surface area contributed by atoms with E-state index in [9.17, 15) is 9.18 Å². The molecule has 0 aliphatic heterocycles. The fraction of sp³-hybridized carbons (Fsp3) is 0.462. The van der Waals surface area contributed by atoms with Crippen molar-refractivity contribution in [3.05, 3.63) is 33.0 Å². The van der Waals surface area contributed by atoms with E-state index < -0.39 is 11.9 Å². The van der Waals surface area contributed by atoms with Crippen molar-refractivity contribution in [1.82, 2.24) is 0 Å². The molecule has 5 heteroatoms. The van der Waals surface area contributed by atoms with E-state index in [1.165, 1.54) is 6.07 Å². The van der Waals surface area contributed by atoms with Gasteiger partial charge in [0.2, 0.25) is 0 Å². The number of Topliss-reactive ketones (excluding diaryl/α,β-unsaturated/α-hetero) is 1. The third-order valence-electron chi connectivity index (χ3n) is 2.51. The van der Waals surface area contributed by atoms with Gasteiger partial charge in [-0.2, -0.15) is 0 Å². The number of benzene rings is 1. The second kappa shape index (κ2) is 6.64. The first-order chi connectivity index (χ1) is 8.40. The van der Waals surface area contributed by atoms with Crippen LogP contribution in [0, 0.1) is 11.7 Å². The quantitative estimate of drug-likeness (QED) is 0.585. The summed E-state index contributed by atoms with van der Waals surface area (Å²) >= 11 is 8.88. The minimum atomic E-state index is -0.707. The van der Waals surface area contributed by atoms with E-state index in [4.69, 9.17) is 16.3 Å². The average molecular weight is 338 g/mol. The SMILES string of the molecule is CCOC(C(=O)c1ccc(Br)c(Cl)c1F)C(C)C. The normalized spacial score (nSPS) is 12.8. The molecule has 0 amide bonds. The Hall–Kier alpha value is -0.450. The van der Waals surface area contributed by atoms with Crippen LogP contribution in [0.25, 0.3) is 0 Å². The van der Waals surface area contributed by atoms with Crippen LogP contribution in [0.3, 0.4) is 0 Å². The number of ether oxygens (including phenoxy) is 1. The largest absolute Gasteiger partial charge is 0.370 e. The summed E-state index contributed by atoms with van der Waals surface area (Å²) in [7, 11) is 0. The van der Waals surface area contributed by atoms with Crippen LogP contribution in [0.15, 0.2) is 16.6 Å². The van der Waals surface area contributed by atoms with Gasteiger partial charge in [0.25, 0.3) is 0 Å². The Kier molecular flexibility index (Phi) is 5.76. The number of hydrogen-bond donors (Lipinski definition) is 0. The molecule has 0 aromatic heterocycles. The third-order valence-corrected chi connectivity index (χ3v) is 3.77. The summed E-state index contributed by atoms with van der Waals surface area (Å²) in [4.78, 5) is 12.2. The predicted molar refractivity (Wildman–Crippen MR) is 73.7 cm³/mol. The van der Waals surface area contributed by atoms with Gasteiger partial charge in [0.15, 0.2) is 11.6 Å². The van der Waals surface area contributed by atoms with E-state index in [2.05, 4.69) is 15.9 Å². The molecule has 1 rings (SSSR count). The van der Waals surface area contributed by atoms with Crippen molar-refractivity contribution in [2.24, 2.45) is 5.92 Å². The third kappa shape index (κ3) is 3.31. The van der Waals surface area contributed by atoms with Crippen molar-refractivity contribution in [3.8, 4) is 0 Å². The zero-order valence-electron chi connectivity index (χ0n) is 10.5. The topological polar surface area (TPSA) is 26.3 Å². The van der Waals surface area contributed by atoms with Gasteiger partial charge in [-0.3, -0.25) is 4.79 Å². The van der Waals surface area contributed by atoms with Crippen LogP contribution in [-0.2, 0) is 4.74 Å². The van der Waals surface area contributed by atoms with Crippen molar-refractivity contribution in [3.63, 3.8) is 0 Å². The van der Waals surface area contributed by atoms with Crippen LogP contribution in [0.4, 0.5) is 4.39 Å². The Morgan fingerprint density at radius 2 is 2.11 bits per heavy atom. The number of halogens is 3. The minimum Gasteiger partial charge on any atom is -0.370 e. The number of ketones is 1. The molecule has 1 unspecified atom stereocenters. The van der Waals surface area contributed by atoms with E-state index in [0.29, 0.717) is 11.1 Å². The first kappa shape index (κ1) is 15.6. The fourth-order valence-electron chi connectivity index (χ4n) is 1.62. The smallest absolute Gasteiger partial charge is 0.194 e. The van der Waals surface area contributed by atoms with Gasteiger partial charge in [0.05, 0.1) is 10.6 Å². The summed E-state index contributed by atoms with van der Waals surface area (Å²) in [5.74, 6) is -1.11. The molecule has 0 fully saturated rings. The minimum absolute atomic E-state index is 0.0285. The van der Waals surface area contributed by atoms with E-state index in [1.807, 2.05) is 13.8 Å². The highest BCUT2D eigenvalue weighted by molar-refractivity contribution is 9.10. The summed E-state index contributed by atoms with van der Waals surface area (Å²) in [6.45, 7) is 5.92. The van der Waals surface area contributed by atoms with E-state index in [1.54, 1.807) is 13.0 Å². The molecule has 0 heterocycles. The Morgan fingerprint density at radius 3 is 2.61 bits per heavy atom. The monoisotopic (exact) mass is 336 g/mol. The number of carbonyl (C=O) groups excluding carboxylic acids is 1. The summed E-state index contributed by atoms with van der Waals surface area (Å²) in [5.41, 5.74) is -0.0321. The maximum atomic E-state index is 13.9. The van der Waals surface area contributed by atoms with Crippen molar-refractivity contribution >= 4 is 33.3 Å². The second-order valence-corrected chi connectivity index (χ2v) is 5.44. The van der Waals surface area contributed by atoms with Gasteiger partial charge in [-0.15, -0.1) is 0 Å². The Labute approximate surface area is 120 Å². The van der Waals surface area contributed by atoms with Crippen molar-refractivity contribution in [1.29, 1.82) is 0 Å². The molecule has 0 N–H and O–H groups in total. The molecule has 1 aromatic carbocycles. The molecule has 0 bridgehead atoms. The second-order valence-electron chi connectivity index (χ2n) is 4.21. The average Bonchev–Trinajstić information content (AvgIpc) is 2.32. The highest BCUT2D eigenvalue weighted by Gasteiger charge is 2.27. The van der Waals surface area contributed by atoms with Gasteiger partial charge in [-0.05, 0) is 40.9 Å². The summed E-state index contributed by atoms with van der Waals surface area (Å²) in [6.07, 6.45) is -0.651. The van der Waals surface area contributed by atoms with E-state index in [-0.39, 0.29) is 22.3 Å². The Bertz CT molecular complexity index is 449. The maximum absolute atomic E-state index is 13.9. The summed E-state index contributed by atoms with van der Waals surface area (Å²) in [6, 6.07) is 2.98. The molecule has 18 heavy (non-hydrogen) atoms. The van der Waals surface area contributed by atoms with Gasteiger partial charge in [0.1, 0.15) is 6.10 Å². The first-order valence-electron chi connectivity index (χ1n) is 5.69. The van der Waals surface area contributed by atoms with Crippen LogP contribution in [0.2, 0.25) is 5.02 Å². The van der Waals surface area contributed by atoms with Crippen LogP contribution in [-0.4, -0.2) is 18.5 Å². The molecule has 1 aromatic rings. The molecule has 1 atom stereocenters. The lowest BCUT2D eigenvalue weighted by Crippen LogP contribution is -2.30. The van der Waals surface area contributed by atoms with Crippen LogP contribution >= 0.6 is 27.5 Å². The van der Waals surface area contributed by atoms with Gasteiger partial charge >= 0.3 is 0 Å². The van der Waals surface area contributed by atoms with E-state index in [0.717, 1.165) is 0 Å². The Balaban J connectivity index is 3.13. The van der Waals surface area contributed by atoms with Gasteiger partial charge < -0.3 is 4.74 Å². The molecule has 2 nitrogen and oxygen atoms in total. The molecule has 0 spiro atoms. The molecular formula is C13H15BrClFO2. The highest BCUT2D eigenvalue weighted by atomic mass is 79.9. The summed E-state index contributed by atoms with van der Waals surface area (Å²) < 4.78 is 19.7. The van der Waals surface area contributed by atoms with Gasteiger partial charge in [0, 0.05) is 11.1 Å². The van der Waals surface area contributed by atoms with Crippen molar-refractivity contribution in [2.45, 2.75) is 26.9 Å². The number of carbonyl (C=O) groups is 1. The summed E-state index contributed by atoms with van der Waals surface area (Å²) in [5, 5.41) is -0.0835. The molecule has 0 aliphatic rings. The molecule has 0 saturated carbocycles.